The Bertz CT molecular complexity index is 537. The highest BCUT2D eigenvalue weighted by molar-refractivity contribution is 5.52. The number of aromatic hydroxyl groups is 1. The standard InChI is InChI=1S/C16H21NO4/c1-3-12-9-14(11-15(18)10-12)16(4-2,17(19)20)13-5-7-21-8-6-13/h3,9-11,13,18H,1,4-8H2,2H3. The van der Waals surface area contributed by atoms with E-state index >= 15 is 0 Å². The first-order chi connectivity index (χ1) is 10.0. The van der Waals surface area contributed by atoms with Gasteiger partial charge in [-0.25, -0.2) is 0 Å². The Labute approximate surface area is 124 Å². The molecule has 5 nitrogen and oxygen atoms in total. The van der Waals surface area contributed by atoms with Crippen molar-refractivity contribution in [2.45, 2.75) is 31.7 Å². The fourth-order valence-electron chi connectivity index (χ4n) is 3.29. The van der Waals surface area contributed by atoms with E-state index in [1.165, 1.54) is 6.07 Å². The molecule has 0 amide bonds. The fraction of sp³-hybridized carbons (Fsp3) is 0.500. The van der Waals surface area contributed by atoms with E-state index < -0.39 is 5.54 Å². The number of ether oxygens (including phenoxy) is 1. The predicted molar refractivity (Wildman–Crippen MR) is 80.7 cm³/mol. The first-order valence-electron chi connectivity index (χ1n) is 7.23. The largest absolute Gasteiger partial charge is 0.508 e. The maximum absolute atomic E-state index is 11.9. The van der Waals surface area contributed by atoms with Crippen molar-refractivity contribution in [2.75, 3.05) is 13.2 Å². The lowest BCUT2D eigenvalue weighted by Crippen LogP contribution is -2.44. The first-order valence-corrected chi connectivity index (χ1v) is 7.23. The van der Waals surface area contributed by atoms with Crippen molar-refractivity contribution in [3.8, 4) is 5.75 Å². The zero-order valence-corrected chi connectivity index (χ0v) is 12.2. The minimum atomic E-state index is -1.18. The summed E-state index contributed by atoms with van der Waals surface area (Å²) < 4.78 is 5.34. The van der Waals surface area contributed by atoms with E-state index in [1.807, 2.05) is 6.92 Å². The molecule has 0 bridgehead atoms. The van der Waals surface area contributed by atoms with Gasteiger partial charge in [0.05, 0.1) is 0 Å². The van der Waals surface area contributed by atoms with Gasteiger partial charge in [0.25, 0.3) is 0 Å². The van der Waals surface area contributed by atoms with Crippen LogP contribution < -0.4 is 0 Å². The molecule has 5 heteroatoms. The van der Waals surface area contributed by atoms with Crippen molar-refractivity contribution < 1.29 is 14.8 Å². The number of nitrogens with zero attached hydrogens (tertiary/aromatic N) is 1. The molecule has 1 heterocycles. The summed E-state index contributed by atoms with van der Waals surface area (Å²) in [6, 6.07) is 4.82. The minimum Gasteiger partial charge on any atom is -0.508 e. The van der Waals surface area contributed by atoms with E-state index in [1.54, 1.807) is 18.2 Å². The van der Waals surface area contributed by atoms with Crippen LogP contribution in [-0.4, -0.2) is 23.2 Å². The van der Waals surface area contributed by atoms with E-state index in [2.05, 4.69) is 6.58 Å². The van der Waals surface area contributed by atoms with Gasteiger partial charge in [0.2, 0.25) is 5.54 Å². The van der Waals surface area contributed by atoms with Crippen LogP contribution in [0.3, 0.4) is 0 Å². The zero-order valence-electron chi connectivity index (χ0n) is 12.2. The third-order valence-corrected chi connectivity index (χ3v) is 4.44. The minimum absolute atomic E-state index is 0.0362. The maximum atomic E-state index is 11.9. The quantitative estimate of drug-likeness (QED) is 0.667. The average Bonchev–Trinajstić information content (AvgIpc) is 2.48. The number of phenols is 1. The van der Waals surface area contributed by atoms with Crippen molar-refractivity contribution in [2.24, 2.45) is 5.92 Å². The highest BCUT2D eigenvalue weighted by atomic mass is 16.6. The number of nitro groups is 1. The molecule has 2 rings (SSSR count). The van der Waals surface area contributed by atoms with Gasteiger partial charge in [-0.3, -0.25) is 10.1 Å². The summed E-state index contributed by atoms with van der Waals surface area (Å²) in [7, 11) is 0. The second-order valence-corrected chi connectivity index (χ2v) is 5.44. The Hall–Kier alpha value is -1.88. The molecular formula is C16H21NO4. The van der Waals surface area contributed by atoms with Gasteiger partial charge in [0.15, 0.2) is 0 Å². The van der Waals surface area contributed by atoms with Crippen LogP contribution in [0.25, 0.3) is 6.08 Å². The van der Waals surface area contributed by atoms with Crippen LogP contribution in [0, 0.1) is 16.0 Å². The van der Waals surface area contributed by atoms with Crippen LogP contribution in [0.1, 0.15) is 37.3 Å². The number of benzene rings is 1. The number of rotatable bonds is 5. The molecule has 21 heavy (non-hydrogen) atoms. The molecule has 0 spiro atoms. The molecule has 1 aromatic rings. The molecule has 114 valence electrons. The van der Waals surface area contributed by atoms with Crippen LogP contribution in [0.4, 0.5) is 0 Å². The Morgan fingerprint density at radius 2 is 2.14 bits per heavy atom. The van der Waals surface area contributed by atoms with E-state index in [-0.39, 0.29) is 16.6 Å². The number of hydrogen-bond acceptors (Lipinski definition) is 4. The van der Waals surface area contributed by atoms with Gasteiger partial charge >= 0.3 is 0 Å². The van der Waals surface area contributed by atoms with Gasteiger partial charge in [-0.1, -0.05) is 19.6 Å². The van der Waals surface area contributed by atoms with Crippen molar-refractivity contribution in [1.29, 1.82) is 0 Å². The van der Waals surface area contributed by atoms with E-state index in [9.17, 15) is 15.2 Å². The van der Waals surface area contributed by atoms with Gasteiger partial charge in [0, 0.05) is 36.0 Å². The molecule has 1 fully saturated rings. The van der Waals surface area contributed by atoms with Crippen LogP contribution in [0.2, 0.25) is 0 Å². The second kappa shape index (κ2) is 6.26. The fourth-order valence-corrected chi connectivity index (χ4v) is 3.29. The van der Waals surface area contributed by atoms with Gasteiger partial charge in [-0.15, -0.1) is 0 Å². The Morgan fingerprint density at radius 3 is 2.67 bits per heavy atom. The lowest BCUT2D eigenvalue weighted by Gasteiger charge is -2.35. The summed E-state index contributed by atoms with van der Waals surface area (Å²) in [6.07, 6.45) is 3.29. The van der Waals surface area contributed by atoms with Gasteiger partial charge < -0.3 is 9.84 Å². The average molecular weight is 291 g/mol. The molecule has 1 aromatic carbocycles. The topological polar surface area (TPSA) is 72.6 Å². The molecule has 1 saturated heterocycles. The van der Waals surface area contributed by atoms with Crippen LogP contribution in [0.15, 0.2) is 24.8 Å². The van der Waals surface area contributed by atoms with Gasteiger partial charge in [-0.2, -0.15) is 0 Å². The molecule has 1 N–H and O–H groups in total. The van der Waals surface area contributed by atoms with E-state index in [0.29, 0.717) is 43.6 Å². The summed E-state index contributed by atoms with van der Waals surface area (Å²) in [5.74, 6) is -0.0557. The maximum Gasteiger partial charge on any atom is 0.249 e. The summed E-state index contributed by atoms with van der Waals surface area (Å²) in [5, 5.41) is 21.8. The van der Waals surface area contributed by atoms with Crippen LogP contribution in [0.5, 0.6) is 5.75 Å². The SMILES string of the molecule is C=Cc1cc(O)cc(C(CC)(C2CCOCC2)[N+](=O)[O-])c1. The molecule has 0 aliphatic carbocycles. The first kappa shape index (κ1) is 15.5. The molecule has 0 aromatic heterocycles. The Balaban J connectivity index is 2.56. The van der Waals surface area contributed by atoms with Crippen LogP contribution >= 0.6 is 0 Å². The predicted octanol–water partition coefficient (Wildman–Crippen LogP) is 3.34. The highest BCUT2D eigenvalue weighted by Gasteiger charge is 2.50. The molecular weight excluding hydrogens is 270 g/mol. The van der Waals surface area contributed by atoms with Crippen molar-refractivity contribution in [1.82, 2.24) is 0 Å². The zero-order chi connectivity index (χ0) is 15.5. The summed E-state index contributed by atoms with van der Waals surface area (Å²) in [6.45, 7) is 6.60. The molecule has 1 aliphatic rings. The summed E-state index contributed by atoms with van der Waals surface area (Å²) in [4.78, 5) is 11.7. The molecule has 0 radical (unpaired) electrons. The third-order valence-electron chi connectivity index (χ3n) is 4.44. The highest BCUT2D eigenvalue weighted by Crippen LogP contribution is 2.42. The summed E-state index contributed by atoms with van der Waals surface area (Å²) in [5.41, 5.74) is 0.0637. The Morgan fingerprint density at radius 1 is 1.48 bits per heavy atom. The normalized spacial score (nSPS) is 18.9. The van der Waals surface area contributed by atoms with E-state index in [4.69, 9.17) is 4.74 Å². The van der Waals surface area contributed by atoms with Crippen molar-refractivity contribution in [3.63, 3.8) is 0 Å². The Kier molecular flexibility index (Phi) is 4.63. The number of hydrogen-bond donors (Lipinski definition) is 1. The summed E-state index contributed by atoms with van der Waals surface area (Å²) >= 11 is 0. The second-order valence-electron chi connectivity index (χ2n) is 5.44. The van der Waals surface area contributed by atoms with Gasteiger partial charge in [0.1, 0.15) is 5.75 Å². The number of phenolic OH excluding ortho intramolecular Hbond substituents is 1. The van der Waals surface area contributed by atoms with Crippen LogP contribution in [-0.2, 0) is 10.3 Å². The smallest absolute Gasteiger partial charge is 0.249 e. The molecule has 0 saturated carbocycles. The lowest BCUT2D eigenvalue weighted by atomic mass is 9.72. The van der Waals surface area contributed by atoms with E-state index in [0.717, 1.165) is 0 Å². The molecule has 1 unspecified atom stereocenters. The van der Waals surface area contributed by atoms with Crippen molar-refractivity contribution >= 4 is 6.08 Å². The van der Waals surface area contributed by atoms with Crippen molar-refractivity contribution in [3.05, 3.63) is 46.0 Å². The monoisotopic (exact) mass is 291 g/mol. The third kappa shape index (κ3) is 2.78. The molecule has 1 atom stereocenters. The lowest BCUT2D eigenvalue weighted by molar-refractivity contribution is -0.593. The van der Waals surface area contributed by atoms with Gasteiger partial charge in [-0.05, 0) is 36.6 Å². The molecule has 1 aliphatic heterocycles.